The summed E-state index contributed by atoms with van der Waals surface area (Å²) in [6.45, 7) is 0.184. The molecule has 1 aliphatic rings. The molecule has 6 nitrogen and oxygen atoms in total. The molecule has 1 N–H and O–H groups in total. The minimum absolute atomic E-state index is 0.0400. The fourth-order valence-corrected chi connectivity index (χ4v) is 2.30. The number of hydrogen-bond acceptors (Lipinski definition) is 3. The minimum Gasteiger partial charge on any atom is -0.481 e. The highest BCUT2D eigenvalue weighted by Crippen LogP contribution is 2.29. The third kappa shape index (κ3) is 1.82. The van der Waals surface area contributed by atoms with Gasteiger partial charge in [0.15, 0.2) is 5.82 Å². The molecule has 0 unspecified atom stereocenters. The first-order valence-corrected chi connectivity index (χ1v) is 5.50. The molecule has 0 radical (unpaired) electrons. The van der Waals surface area contributed by atoms with E-state index in [2.05, 4.69) is 21.0 Å². The first-order chi connectivity index (χ1) is 7.49. The van der Waals surface area contributed by atoms with Crippen molar-refractivity contribution in [3.05, 3.63) is 10.7 Å². The van der Waals surface area contributed by atoms with E-state index >= 15 is 0 Å². The number of aromatic nitrogens is 2. The molecule has 7 heteroatoms. The smallest absolute Gasteiger partial charge is 0.308 e. The van der Waals surface area contributed by atoms with Crippen molar-refractivity contribution in [2.75, 3.05) is 11.4 Å². The van der Waals surface area contributed by atoms with Crippen molar-refractivity contribution in [2.45, 2.75) is 6.42 Å². The average Bonchev–Trinajstić information content (AvgIpc) is 2.69. The lowest BCUT2D eigenvalue weighted by Crippen LogP contribution is -2.26. The predicted molar refractivity (Wildman–Crippen MR) is 59.0 cm³/mol. The minimum atomic E-state index is -0.942. The molecule has 2 rings (SSSR count). The molecule has 1 aliphatic heterocycles. The second-order valence-corrected chi connectivity index (χ2v) is 4.57. The van der Waals surface area contributed by atoms with Crippen molar-refractivity contribution >= 4 is 33.6 Å². The Kier molecular flexibility index (Phi) is 2.71. The van der Waals surface area contributed by atoms with E-state index in [1.54, 1.807) is 17.9 Å². The Hall–Kier alpha value is -1.37. The van der Waals surface area contributed by atoms with Gasteiger partial charge in [-0.3, -0.25) is 19.2 Å². The number of nitrogens with zero attached hydrogens (tertiary/aromatic N) is 3. The number of carboxylic acid groups (broad SMARTS) is 1. The lowest BCUT2D eigenvalue weighted by Gasteiger charge is -2.12. The molecular weight excluding hydrogens is 278 g/mol. The molecular formula is C9H10BrN3O3. The number of hydrogen-bond donors (Lipinski definition) is 1. The van der Waals surface area contributed by atoms with Gasteiger partial charge in [0, 0.05) is 26.2 Å². The van der Waals surface area contributed by atoms with Gasteiger partial charge in [-0.25, -0.2) is 0 Å². The van der Waals surface area contributed by atoms with Gasteiger partial charge in [-0.15, -0.1) is 0 Å². The van der Waals surface area contributed by atoms with Crippen molar-refractivity contribution in [3.8, 4) is 0 Å². The predicted octanol–water partition coefficient (Wildman–Crippen LogP) is 0.620. The number of carbonyl (C=O) groups excluding carboxylic acids is 1. The van der Waals surface area contributed by atoms with E-state index in [-0.39, 0.29) is 18.9 Å². The zero-order valence-electron chi connectivity index (χ0n) is 8.55. The summed E-state index contributed by atoms with van der Waals surface area (Å²) in [5.74, 6) is -1.30. The standard InChI is InChI=1S/C9H10BrN3O3/c1-12-4-6(10)8(11-12)13-3-5(9(15)16)2-7(13)14/h4-5H,2-3H2,1H3,(H,15,16)/t5-/m1/s1. The molecule has 2 heterocycles. The molecule has 86 valence electrons. The van der Waals surface area contributed by atoms with Crippen LogP contribution in [0.3, 0.4) is 0 Å². The Balaban J connectivity index is 2.26. The molecule has 1 saturated heterocycles. The highest BCUT2D eigenvalue weighted by atomic mass is 79.9. The van der Waals surface area contributed by atoms with Crippen molar-refractivity contribution in [1.29, 1.82) is 0 Å². The number of aryl methyl sites for hydroxylation is 1. The van der Waals surface area contributed by atoms with Gasteiger partial charge in [-0.1, -0.05) is 0 Å². The molecule has 1 amide bonds. The number of carboxylic acids is 1. The second-order valence-electron chi connectivity index (χ2n) is 3.72. The van der Waals surface area contributed by atoms with Crippen molar-refractivity contribution in [1.82, 2.24) is 9.78 Å². The summed E-state index contributed by atoms with van der Waals surface area (Å²) in [5.41, 5.74) is 0. The van der Waals surface area contributed by atoms with Gasteiger partial charge in [0.25, 0.3) is 0 Å². The highest BCUT2D eigenvalue weighted by Gasteiger charge is 2.36. The van der Waals surface area contributed by atoms with E-state index in [4.69, 9.17) is 5.11 Å². The monoisotopic (exact) mass is 287 g/mol. The maximum Gasteiger partial charge on any atom is 0.308 e. The molecule has 0 aromatic carbocycles. The summed E-state index contributed by atoms with van der Waals surface area (Å²) >= 11 is 3.29. The third-order valence-corrected chi connectivity index (χ3v) is 3.06. The van der Waals surface area contributed by atoms with Gasteiger partial charge < -0.3 is 5.11 Å². The zero-order valence-corrected chi connectivity index (χ0v) is 10.1. The van der Waals surface area contributed by atoms with Crippen LogP contribution in [0.4, 0.5) is 5.82 Å². The van der Waals surface area contributed by atoms with Crippen LogP contribution in [-0.4, -0.2) is 33.3 Å². The summed E-state index contributed by atoms with van der Waals surface area (Å²) < 4.78 is 2.26. The van der Waals surface area contributed by atoms with Gasteiger partial charge >= 0.3 is 5.97 Å². The molecule has 0 spiro atoms. The van der Waals surface area contributed by atoms with Gasteiger partial charge in [0.1, 0.15) is 0 Å². The van der Waals surface area contributed by atoms with Gasteiger partial charge in [-0.05, 0) is 15.9 Å². The Morgan fingerprint density at radius 3 is 2.81 bits per heavy atom. The summed E-state index contributed by atoms with van der Waals surface area (Å²) in [4.78, 5) is 23.8. The number of aliphatic carboxylic acids is 1. The van der Waals surface area contributed by atoms with E-state index in [1.807, 2.05) is 0 Å². The molecule has 0 bridgehead atoms. The van der Waals surface area contributed by atoms with Crippen LogP contribution in [-0.2, 0) is 16.6 Å². The van der Waals surface area contributed by atoms with E-state index in [0.717, 1.165) is 0 Å². The van der Waals surface area contributed by atoms with Gasteiger partial charge in [0.05, 0.1) is 10.4 Å². The third-order valence-electron chi connectivity index (χ3n) is 2.50. The zero-order chi connectivity index (χ0) is 11.9. The Morgan fingerprint density at radius 2 is 2.38 bits per heavy atom. The first-order valence-electron chi connectivity index (χ1n) is 4.71. The van der Waals surface area contributed by atoms with Crippen LogP contribution >= 0.6 is 15.9 Å². The van der Waals surface area contributed by atoms with Crippen molar-refractivity contribution < 1.29 is 14.7 Å². The lowest BCUT2D eigenvalue weighted by atomic mass is 10.1. The molecule has 16 heavy (non-hydrogen) atoms. The van der Waals surface area contributed by atoms with Crippen LogP contribution in [0.15, 0.2) is 10.7 Å². The van der Waals surface area contributed by atoms with Crippen LogP contribution < -0.4 is 4.90 Å². The van der Waals surface area contributed by atoms with Crippen LogP contribution in [0.1, 0.15) is 6.42 Å². The lowest BCUT2D eigenvalue weighted by molar-refractivity contribution is -0.141. The molecule has 0 aliphatic carbocycles. The quantitative estimate of drug-likeness (QED) is 0.865. The van der Waals surface area contributed by atoms with Gasteiger partial charge in [0.2, 0.25) is 5.91 Å². The topological polar surface area (TPSA) is 75.4 Å². The Labute approximate surface area is 100.0 Å². The summed E-state index contributed by atoms with van der Waals surface area (Å²) in [6, 6.07) is 0. The molecule has 1 aromatic rings. The fraction of sp³-hybridized carbons (Fsp3) is 0.444. The largest absolute Gasteiger partial charge is 0.481 e. The van der Waals surface area contributed by atoms with E-state index < -0.39 is 11.9 Å². The molecule has 1 fully saturated rings. The van der Waals surface area contributed by atoms with Crippen molar-refractivity contribution in [2.24, 2.45) is 13.0 Å². The Bertz CT molecular complexity index is 457. The first kappa shape index (κ1) is 11.1. The average molecular weight is 288 g/mol. The van der Waals surface area contributed by atoms with Crippen LogP contribution in [0, 0.1) is 5.92 Å². The van der Waals surface area contributed by atoms with E-state index in [1.165, 1.54) is 4.90 Å². The molecule has 1 aromatic heterocycles. The summed E-state index contributed by atoms with van der Waals surface area (Å²) in [5, 5.41) is 13.0. The van der Waals surface area contributed by atoms with E-state index in [0.29, 0.717) is 10.3 Å². The summed E-state index contributed by atoms with van der Waals surface area (Å²) in [6.07, 6.45) is 1.76. The van der Waals surface area contributed by atoms with Crippen LogP contribution in [0.25, 0.3) is 0 Å². The SMILES string of the molecule is Cn1cc(Br)c(N2C[C@H](C(=O)O)CC2=O)n1. The maximum atomic E-state index is 11.6. The molecule has 1 atom stereocenters. The molecule has 0 saturated carbocycles. The fourth-order valence-electron chi connectivity index (χ4n) is 1.71. The number of carbonyl (C=O) groups is 2. The van der Waals surface area contributed by atoms with Gasteiger partial charge in [-0.2, -0.15) is 5.10 Å². The Morgan fingerprint density at radius 1 is 1.69 bits per heavy atom. The summed E-state index contributed by atoms with van der Waals surface area (Å²) in [7, 11) is 1.74. The van der Waals surface area contributed by atoms with Crippen molar-refractivity contribution in [3.63, 3.8) is 0 Å². The van der Waals surface area contributed by atoms with Crippen LogP contribution in [0.2, 0.25) is 0 Å². The van der Waals surface area contributed by atoms with Crippen LogP contribution in [0.5, 0.6) is 0 Å². The van der Waals surface area contributed by atoms with E-state index in [9.17, 15) is 9.59 Å². The number of amides is 1. The number of rotatable bonds is 2. The highest BCUT2D eigenvalue weighted by molar-refractivity contribution is 9.10. The number of halogens is 1. The normalized spacial score (nSPS) is 20.5. The number of anilines is 1. The second kappa shape index (κ2) is 3.89. The maximum absolute atomic E-state index is 11.6.